The maximum atomic E-state index is 11.6. The molecule has 4 heteroatoms. The minimum absolute atomic E-state index is 0.0562. The number of anilines is 1. The number of hydrogen-bond acceptors (Lipinski definition) is 2. The second kappa shape index (κ2) is 4.45. The highest BCUT2D eigenvalue weighted by Gasteiger charge is 2.19. The van der Waals surface area contributed by atoms with Crippen LogP contribution in [-0.4, -0.2) is 17.6 Å². The van der Waals surface area contributed by atoms with Gasteiger partial charge in [-0.2, -0.15) is 0 Å². The van der Waals surface area contributed by atoms with Gasteiger partial charge in [-0.15, -0.1) is 0 Å². The number of aromatic hydroxyl groups is 1. The van der Waals surface area contributed by atoms with E-state index in [-0.39, 0.29) is 11.7 Å². The molecule has 16 heavy (non-hydrogen) atoms. The molecular formula is C12H14BrNO2. The van der Waals surface area contributed by atoms with Gasteiger partial charge >= 0.3 is 0 Å². The van der Waals surface area contributed by atoms with E-state index in [0.29, 0.717) is 4.47 Å². The van der Waals surface area contributed by atoms with Crippen molar-refractivity contribution < 1.29 is 9.90 Å². The smallest absolute Gasteiger partial charge is 0.223 e. The van der Waals surface area contributed by atoms with Crippen LogP contribution in [-0.2, 0) is 11.2 Å². The minimum Gasteiger partial charge on any atom is -0.507 e. The monoisotopic (exact) mass is 283 g/mol. The van der Waals surface area contributed by atoms with Crippen LogP contribution in [0, 0.1) is 0 Å². The third-order valence-electron chi connectivity index (χ3n) is 2.90. The Morgan fingerprint density at radius 1 is 1.44 bits per heavy atom. The first-order chi connectivity index (χ1) is 7.59. The SMILES string of the molecule is CC(=O)N1CCCCc2cc(O)c(Br)cc21. The molecule has 0 unspecified atom stereocenters. The molecule has 0 aliphatic carbocycles. The second-order valence-electron chi connectivity index (χ2n) is 4.06. The zero-order valence-electron chi connectivity index (χ0n) is 9.16. The van der Waals surface area contributed by atoms with E-state index in [0.717, 1.165) is 37.1 Å². The quantitative estimate of drug-likeness (QED) is 0.795. The Bertz CT molecular complexity index is 431. The van der Waals surface area contributed by atoms with Crippen LogP contribution in [0.15, 0.2) is 16.6 Å². The first kappa shape index (κ1) is 11.5. The third kappa shape index (κ3) is 2.07. The third-order valence-corrected chi connectivity index (χ3v) is 3.53. The zero-order valence-corrected chi connectivity index (χ0v) is 10.7. The second-order valence-corrected chi connectivity index (χ2v) is 4.91. The Morgan fingerprint density at radius 2 is 2.19 bits per heavy atom. The molecule has 0 saturated carbocycles. The molecule has 1 aliphatic rings. The molecule has 0 fully saturated rings. The van der Waals surface area contributed by atoms with Gasteiger partial charge in [0.05, 0.1) is 4.47 Å². The lowest BCUT2D eigenvalue weighted by Crippen LogP contribution is -2.29. The summed E-state index contributed by atoms with van der Waals surface area (Å²) in [6.45, 7) is 2.34. The van der Waals surface area contributed by atoms with Crippen LogP contribution in [0.1, 0.15) is 25.3 Å². The van der Waals surface area contributed by atoms with Gasteiger partial charge in [0, 0.05) is 19.2 Å². The molecule has 1 aliphatic heterocycles. The van der Waals surface area contributed by atoms with Crippen LogP contribution in [0.3, 0.4) is 0 Å². The van der Waals surface area contributed by atoms with Gasteiger partial charge in [0.1, 0.15) is 5.75 Å². The molecule has 1 N–H and O–H groups in total. The number of rotatable bonds is 0. The molecule has 0 bridgehead atoms. The van der Waals surface area contributed by atoms with Crippen LogP contribution in [0.25, 0.3) is 0 Å². The molecule has 1 aromatic rings. The predicted octanol–water partition coefficient (Wildman–Crippen LogP) is 2.84. The summed E-state index contributed by atoms with van der Waals surface area (Å²) in [6, 6.07) is 3.58. The van der Waals surface area contributed by atoms with Gasteiger partial charge in [0.15, 0.2) is 0 Å². The van der Waals surface area contributed by atoms with Gasteiger partial charge in [-0.05, 0) is 52.9 Å². The lowest BCUT2D eigenvalue weighted by Gasteiger charge is -2.21. The largest absolute Gasteiger partial charge is 0.507 e. The summed E-state index contributed by atoms with van der Waals surface area (Å²) in [6.07, 6.45) is 2.98. The van der Waals surface area contributed by atoms with Crippen molar-refractivity contribution in [3.63, 3.8) is 0 Å². The van der Waals surface area contributed by atoms with Crippen molar-refractivity contribution in [3.05, 3.63) is 22.2 Å². The Hall–Kier alpha value is -1.03. The topological polar surface area (TPSA) is 40.5 Å². The lowest BCUT2D eigenvalue weighted by molar-refractivity contribution is -0.116. The number of carbonyl (C=O) groups is 1. The molecule has 0 atom stereocenters. The number of aryl methyl sites for hydroxylation is 1. The van der Waals surface area contributed by atoms with Gasteiger partial charge in [0.2, 0.25) is 5.91 Å². The average Bonchev–Trinajstić information content (AvgIpc) is 2.41. The summed E-state index contributed by atoms with van der Waals surface area (Å²) in [7, 11) is 0. The van der Waals surface area contributed by atoms with E-state index < -0.39 is 0 Å². The van der Waals surface area contributed by atoms with Gasteiger partial charge in [-0.3, -0.25) is 4.79 Å². The maximum absolute atomic E-state index is 11.6. The molecule has 0 radical (unpaired) electrons. The van der Waals surface area contributed by atoms with E-state index in [9.17, 15) is 9.90 Å². The first-order valence-electron chi connectivity index (χ1n) is 5.39. The molecule has 3 nitrogen and oxygen atoms in total. The van der Waals surface area contributed by atoms with E-state index >= 15 is 0 Å². The number of hydrogen-bond donors (Lipinski definition) is 1. The van der Waals surface area contributed by atoms with Crippen molar-refractivity contribution >= 4 is 27.5 Å². The maximum Gasteiger partial charge on any atom is 0.223 e. The number of fused-ring (bicyclic) bond motifs is 1. The van der Waals surface area contributed by atoms with Crippen LogP contribution in [0.5, 0.6) is 5.75 Å². The predicted molar refractivity (Wildman–Crippen MR) is 66.8 cm³/mol. The normalized spacial score (nSPS) is 15.5. The van der Waals surface area contributed by atoms with Crippen LogP contribution in [0.4, 0.5) is 5.69 Å². The summed E-state index contributed by atoms with van der Waals surface area (Å²) in [4.78, 5) is 13.3. The molecule has 1 heterocycles. The summed E-state index contributed by atoms with van der Waals surface area (Å²) in [5.74, 6) is 0.296. The fourth-order valence-electron chi connectivity index (χ4n) is 2.08. The highest BCUT2D eigenvalue weighted by Crippen LogP contribution is 2.35. The fraction of sp³-hybridized carbons (Fsp3) is 0.417. The zero-order chi connectivity index (χ0) is 11.7. The van der Waals surface area contributed by atoms with Gasteiger partial charge < -0.3 is 10.0 Å². The molecule has 0 saturated heterocycles. The fourth-order valence-corrected chi connectivity index (χ4v) is 2.41. The van der Waals surface area contributed by atoms with Crippen molar-refractivity contribution in [2.45, 2.75) is 26.2 Å². The van der Waals surface area contributed by atoms with E-state index in [1.807, 2.05) is 6.07 Å². The number of carbonyl (C=O) groups excluding carboxylic acids is 1. The summed E-state index contributed by atoms with van der Waals surface area (Å²) >= 11 is 3.29. The number of phenolic OH excluding ortho intramolecular Hbond substituents is 1. The van der Waals surface area contributed by atoms with Crippen LogP contribution in [0.2, 0.25) is 0 Å². The number of benzene rings is 1. The molecule has 0 aromatic heterocycles. The van der Waals surface area contributed by atoms with E-state index in [1.165, 1.54) is 0 Å². The number of amides is 1. The van der Waals surface area contributed by atoms with Gasteiger partial charge in [-0.1, -0.05) is 0 Å². The molecule has 2 rings (SSSR count). The summed E-state index contributed by atoms with van der Waals surface area (Å²) < 4.78 is 0.638. The minimum atomic E-state index is 0.0562. The van der Waals surface area contributed by atoms with Crippen LogP contribution < -0.4 is 4.90 Å². The number of phenols is 1. The lowest BCUT2D eigenvalue weighted by atomic mass is 10.1. The molecule has 1 aromatic carbocycles. The Balaban J connectivity index is 2.52. The van der Waals surface area contributed by atoms with Crippen molar-refractivity contribution in [1.82, 2.24) is 0 Å². The van der Waals surface area contributed by atoms with Gasteiger partial charge in [0.25, 0.3) is 0 Å². The molecular weight excluding hydrogens is 270 g/mol. The van der Waals surface area contributed by atoms with Crippen molar-refractivity contribution in [1.29, 1.82) is 0 Å². The van der Waals surface area contributed by atoms with E-state index in [2.05, 4.69) is 15.9 Å². The Kier molecular flexibility index (Phi) is 3.19. The number of halogens is 1. The first-order valence-corrected chi connectivity index (χ1v) is 6.18. The van der Waals surface area contributed by atoms with Gasteiger partial charge in [-0.25, -0.2) is 0 Å². The van der Waals surface area contributed by atoms with Crippen molar-refractivity contribution in [3.8, 4) is 5.75 Å². The summed E-state index contributed by atoms with van der Waals surface area (Å²) in [5.41, 5.74) is 1.98. The Morgan fingerprint density at radius 3 is 2.88 bits per heavy atom. The molecule has 1 amide bonds. The van der Waals surface area contributed by atoms with Crippen LogP contribution >= 0.6 is 15.9 Å². The van der Waals surface area contributed by atoms with Crippen molar-refractivity contribution in [2.24, 2.45) is 0 Å². The highest BCUT2D eigenvalue weighted by molar-refractivity contribution is 9.10. The number of nitrogens with zero attached hydrogens (tertiary/aromatic N) is 1. The Labute approximate surface area is 103 Å². The van der Waals surface area contributed by atoms with E-state index in [1.54, 1.807) is 17.9 Å². The summed E-state index contributed by atoms with van der Waals surface area (Å²) in [5, 5.41) is 9.64. The standard InChI is InChI=1S/C12H14BrNO2/c1-8(15)14-5-3-2-4-9-6-12(16)10(13)7-11(9)14/h6-7,16H,2-5H2,1H3. The average molecular weight is 284 g/mol. The highest BCUT2D eigenvalue weighted by atomic mass is 79.9. The molecule has 0 spiro atoms. The van der Waals surface area contributed by atoms with Crippen molar-refractivity contribution in [2.75, 3.05) is 11.4 Å². The molecule has 86 valence electrons. The van der Waals surface area contributed by atoms with E-state index in [4.69, 9.17) is 0 Å².